The van der Waals surface area contributed by atoms with E-state index in [9.17, 15) is 4.79 Å². The summed E-state index contributed by atoms with van der Waals surface area (Å²) in [6.45, 7) is 0. The van der Waals surface area contributed by atoms with E-state index >= 15 is 0 Å². The summed E-state index contributed by atoms with van der Waals surface area (Å²) >= 11 is 9.37. The lowest BCUT2D eigenvalue weighted by atomic mass is 9.94. The molecule has 2 rings (SSSR count). The van der Waals surface area contributed by atoms with Crippen LogP contribution < -0.4 is 0 Å². The Labute approximate surface area is 121 Å². The molecule has 3 heteroatoms. The second kappa shape index (κ2) is 6.53. The van der Waals surface area contributed by atoms with Gasteiger partial charge in [0, 0.05) is 15.1 Å². The zero-order valence-electron chi connectivity index (χ0n) is 10.2. The Morgan fingerprint density at radius 3 is 2.67 bits per heavy atom. The molecule has 0 heterocycles. The third kappa shape index (κ3) is 3.69. The van der Waals surface area contributed by atoms with Gasteiger partial charge in [-0.2, -0.15) is 0 Å². The van der Waals surface area contributed by atoms with Gasteiger partial charge >= 0.3 is 0 Å². The monoisotopic (exact) mass is 326 g/mol. The lowest BCUT2D eigenvalue weighted by Crippen LogP contribution is -2.05. The average Bonchev–Trinajstić information content (AvgIpc) is 2.26. The molecule has 0 unspecified atom stereocenters. The number of hydrogen-bond donors (Lipinski definition) is 0. The van der Waals surface area contributed by atoms with Gasteiger partial charge in [-0.1, -0.05) is 46.4 Å². The fourth-order valence-corrected chi connectivity index (χ4v) is 3.13. The molecule has 0 atom stereocenters. The van der Waals surface area contributed by atoms with Crippen molar-refractivity contribution in [1.82, 2.24) is 0 Å². The van der Waals surface area contributed by atoms with Crippen molar-refractivity contribution in [2.24, 2.45) is 0 Å². The first kappa shape index (κ1) is 13.8. The van der Waals surface area contributed by atoms with Crippen molar-refractivity contribution in [2.75, 3.05) is 0 Å². The van der Waals surface area contributed by atoms with Gasteiger partial charge < -0.3 is 0 Å². The number of halogens is 2. The van der Waals surface area contributed by atoms with Crippen molar-refractivity contribution < 1.29 is 4.79 Å². The molecule has 0 bridgehead atoms. The summed E-state index contributed by atoms with van der Waals surface area (Å²) in [5.74, 6) is 0.125. The highest BCUT2D eigenvalue weighted by molar-refractivity contribution is 9.10. The van der Waals surface area contributed by atoms with E-state index in [2.05, 4.69) is 22.0 Å². The summed E-state index contributed by atoms with van der Waals surface area (Å²) in [5.41, 5.74) is 1.63. The van der Waals surface area contributed by atoms with Crippen LogP contribution in [0.5, 0.6) is 0 Å². The molecule has 96 valence electrons. The third-order valence-electron chi connectivity index (χ3n) is 3.21. The van der Waals surface area contributed by atoms with Gasteiger partial charge in [0.2, 0.25) is 0 Å². The van der Waals surface area contributed by atoms with Crippen molar-refractivity contribution >= 4 is 33.3 Å². The lowest BCUT2D eigenvalue weighted by molar-refractivity contribution is 0.102. The molecular weight excluding hydrogens is 312 g/mol. The molecule has 0 radical (unpaired) electrons. The van der Waals surface area contributed by atoms with Crippen molar-refractivity contribution in [2.45, 2.75) is 38.5 Å². The molecular formula is C15H16BrClO. The summed E-state index contributed by atoms with van der Waals surface area (Å²) in [4.78, 5) is 12.4. The van der Waals surface area contributed by atoms with Crippen molar-refractivity contribution in [3.8, 4) is 0 Å². The van der Waals surface area contributed by atoms with E-state index in [1.54, 1.807) is 12.1 Å². The Kier molecular flexibility index (Phi) is 5.02. The summed E-state index contributed by atoms with van der Waals surface area (Å²) in [6.07, 6.45) is 8.82. The largest absolute Gasteiger partial charge is 0.289 e. The lowest BCUT2D eigenvalue weighted by Gasteiger charge is -2.11. The highest BCUT2D eigenvalue weighted by Crippen LogP contribution is 2.24. The molecule has 18 heavy (non-hydrogen) atoms. The minimum Gasteiger partial charge on any atom is -0.289 e. The number of allylic oxidation sites excluding steroid dienone is 2. The number of rotatable bonds is 2. The molecule has 1 aromatic carbocycles. The van der Waals surface area contributed by atoms with Crippen LogP contribution in [0.3, 0.4) is 0 Å². The summed E-state index contributed by atoms with van der Waals surface area (Å²) in [7, 11) is 0. The Bertz CT molecular complexity index is 459. The average molecular weight is 328 g/mol. The maximum Gasteiger partial charge on any atom is 0.188 e. The van der Waals surface area contributed by atoms with E-state index in [0.717, 1.165) is 29.3 Å². The molecule has 0 spiro atoms. The van der Waals surface area contributed by atoms with Gasteiger partial charge in [-0.3, -0.25) is 4.79 Å². The van der Waals surface area contributed by atoms with Crippen molar-refractivity contribution in [3.05, 3.63) is 44.9 Å². The minimum atomic E-state index is 0.125. The highest BCUT2D eigenvalue weighted by atomic mass is 79.9. The second-order valence-electron chi connectivity index (χ2n) is 4.67. The molecule has 0 aromatic heterocycles. The van der Waals surface area contributed by atoms with Gasteiger partial charge in [-0.25, -0.2) is 0 Å². The number of carbonyl (C=O) groups is 1. The predicted octanol–water partition coefficient (Wildman–Crippen LogP) is 5.57. The topological polar surface area (TPSA) is 17.1 Å². The molecule has 1 aliphatic carbocycles. The van der Waals surface area contributed by atoms with Crippen LogP contribution in [0.4, 0.5) is 0 Å². The Morgan fingerprint density at radius 1 is 1.11 bits per heavy atom. The van der Waals surface area contributed by atoms with Gasteiger partial charge in [0.05, 0.1) is 0 Å². The van der Waals surface area contributed by atoms with Gasteiger partial charge in [-0.15, -0.1) is 0 Å². The third-order valence-corrected chi connectivity index (χ3v) is 3.88. The molecule has 1 nitrogen and oxygen atoms in total. The van der Waals surface area contributed by atoms with Crippen LogP contribution in [-0.2, 0) is 0 Å². The molecule has 1 aliphatic rings. The second-order valence-corrected chi connectivity index (χ2v) is 6.02. The molecule has 0 N–H and O–H groups in total. The van der Waals surface area contributed by atoms with E-state index in [4.69, 9.17) is 11.6 Å². The van der Waals surface area contributed by atoms with Crippen molar-refractivity contribution in [3.63, 3.8) is 0 Å². The standard InChI is InChI=1S/C15H16BrClO/c16-13-8-12(9-14(17)10-13)15(18)11-6-4-2-1-3-5-7-11/h6,8-10H,1-5,7H2/b11-6+. The SMILES string of the molecule is O=C(/C1=C/CCCCCC1)c1cc(Cl)cc(Br)c1. The summed E-state index contributed by atoms with van der Waals surface area (Å²) < 4.78 is 0.852. The molecule has 0 saturated heterocycles. The van der Waals surface area contributed by atoms with E-state index in [0.29, 0.717) is 10.6 Å². The number of ketones is 1. The summed E-state index contributed by atoms with van der Waals surface area (Å²) in [5, 5.41) is 0.596. The smallest absolute Gasteiger partial charge is 0.188 e. The van der Waals surface area contributed by atoms with Crippen LogP contribution in [0.15, 0.2) is 34.3 Å². The predicted molar refractivity (Wildman–Crippen MR) is 79.3 cm³/mol. The van der Waals surface area contributed by atoms with Gasteiger partial charge in [0.1, 0.15) is 0 Å². The molecule has 0 saturated carbocycles. The first-order chi connectivity index (χ1) is 8.66. The van der Waals surface area contributed by atoms with E-state index in [1.807, 2.05) is 6.07 Å². The highest BCUT2D eigenvalue weighted by Gasteiger charge is 2.14. The Morgan fingerprint density at radius 2 is 1.89 bits per heavy atom. The van der Waals surface area contributed by atoms with Crippen LogP contribution in [0.1, 0.15) is 48.9 Å². The fraction of sp³-hybridized carbons (Fsp3) is 0.400. The quantitative estimate of drug-likeness (QED) is 0.649. The number of hydrogen-bond acceptors (Lipinski definition) is 1. The van der Waals surface area contributed by atoms with Crippen LogP contribution in [0.25, 0.3) is 0 Å². The first-order valence-electron chi connectivity index (χ1n) is 6.36. The van der Waals surface area contributed by atoms with E-state index < -0.39 is 0 Å². The van der Waals surface area contributed by atoms with Crippen LogP contribution in [0.2, 0.25) is 5.02 Å². The number of Topliss-reactive ketones (excluding diaryl/α,β-unsaturated/α-hetero) is 1. The van der Waals surface area contributed by atoms with Gasteiger partial charge in [0.25, 0.3) is 0 Å². The maximum atomic E-state index is 12.4. The number of carbonyl (C=O) groups excluding carboxylic acids is 1. The summed E-state index contributed by atoms with van der Waals surface area (Å²) in [6, 6.07) is 5.38. The molecule has 0 amide bonds. The molecule has 0 fully saturated rings. The minimum absolute atomic E-state index is 0.125. The zero-order valence-corrected chi connectivity index (χ0v) is 12.6. The Balaban J connectivity index is 2.23. The van der Waals surface area contributed by atoms with Gasteiger partial charge in [-0.05, 0) is 49.5 Å². The fourth-order valence-electron chi connectivity index (χ4n) is 2.27. The first-order valence-corrected chi connectivity index (χ1v) is 7.54. The van der Waals surface area contributed by atoms with Gasteiger partial charge in [0.15, 0.2) is 5.78 Å². The van der Waals surface area contributed by atoms with E-state index in [1.165, 1.54) is 19.3 Å². The normalized spacial score (nSPS) is 19.6. The van der Waals surface area contributed by atoms with Crippen LogP contribution >= 0.6 is 27.5 Å². The van der Waals surface area contributed by atoms with Crippen molar-refractivity contribution in [1.29, 1.82) is 0 Å². The Hall–Kier alpha value is -0.600. The maximum absolute atomic E-state index is 12.4. The van der Waals surface area contributed by atoms with Crippen LogP contribution in [-0.4, -0.2) is 5.78 Å². The van der Waals surface area contributed by atoms with Crippen LogP contribution in [0, 0.1) is 0 Å². The number of benzene rings is 1. The molecule has 0 aliphatic heterocycles. The zero-order chi connectivity index (χ0) is 13.0. The van der Waals surface area contributed by atoms with E-state index in [-0.39, 0.29) is 5.78 Å². The molecule has 1 aromatic rings.